The van der Waals surface area contributed by atoms with Crippen LogP contribution in [0.15, 0.2) is 30.3 Å². The number of anilines is 1. The van der Waals surface area contributed by atoms with Crippen LogP contribution in [-0.2, 0) is 4.79 Å². The molecule has 0 unspecified atom stereocenters. The highest BCUT2D eigenvalue weighted by Crippen LogP contribution is 2.33. The molecule has 0 bridgehead atoms. The fourth-order valence-electron chi connectivity index (χ4n) is 2.81. The summed E-state index contributed by atoms with van der Waals surface area (Å²) in [4.78, 5) is 12.1. The average molecular weight is 384 g/mol. The third-order valence-electron chi connectivity index (χ3n) is 4.41. The molecule has 2 aromatic carbocycles. The van der Waals surface area contributed by atoms with Crippen LogP contribution in [0.3, 0.4) is 0 Å². The summed E-state index contributed by atoms with van der Waals surface area (Å²) in [6.45, 7) is 3.84. The Balaban J connectivity index is 2.30. The zero-order valence-electron chi connectivity index (χ0n) is 17.0. The van der Waals surface area contributed by atoms with Gasteiger partial charge in [-0.05, 0) is 54.3 Å². The van der Waals surface area contributed by atoms with E-state index in [9.17, 15) is 4.79 Å². The Bertz CT molecular complexity index is 862. The molecular formula is C22H28N2O4. The second-order valence-corrected chi connectivity index (χ2v) is 6.37. The highest BCUT2D eigenvalue weighted by atomic mass is 16.5. The molecule has 2 aromatic rings. The lowest BCUT2D eigenvalue weighted by atomic mass is 10.1. The third kappa shape index (κ3) is 5.04. The number of hydrogen-bond donors (Lipinski definition) is 2. The van der Waals surface area contributed by atoms with Crippen LogP contribution < -0.4 is 25.3 Å². The standard InChI is InChI=1S/C22H28N2O4/c1-6-17(23)22(25)24-18-12-15(9-10-19(18)26-3)7-8-16-11-14(2)21(28-5)20(13-16)27-4/h7-13,17H,6,23H2,1-5H3,(H,24,25)/b8-7-/t17-/m0/s1. The van der Waals surface area contributed by atoms with Crippen LogP contribution in [0.4, 0.5) is 5.69 Å². The Labute approximate surface area is 166 Å². The number of nitrogens with two attached hydrogens (primary N) is 1. The average Bonchev–Trinajstić information content (AvgIpc) is 2.71. The number of benzene rings is 2. The number of rotatable bonds is 8. The molecular weight excluding hydrogens is 356 g/mol. The molecule has 0 aliphatic heterocycles. The Morgan fingerprint density at radius 3 is 2.32 bits per heavy atom. The number of aryl methyl sites for hydroxylation is 1. The monoisotopic (exact) mass is 384 g/mol. The molecule has 6 nitrogen and oxygen atoms in total. The lowest BCUT2D eigenvalue weighted by Gasteiger charge is -2.14. The predicted octanol–water partition coefficient (Wildman–Crippen LogP) is 3.87. The van der Waals surface area contributed by atoms with Gasteiger partial charge < -0.3 is 25.3 Å². The fourth-order valence-corrected chi connectivity index (χ4v) is 2.81. The fraction of sp³-hybridized carbons (Fsp3) is 0.318. The Morgan fingerprint density at radius 1 is 1.04 bits per heavy atom. The predicted molar refractivity (Wildman–Crippen MR) is 113 cm³/mol. The SMILES string of the molecule is CC[C@H](N)C(=O)Nc1cc(/C=C\c2cc(C)c(OC)c(OC)c2)ccc1OC. The first-order chi connectivity index (χ1) is 13.4. The number of amides is 1. The van der Waals surface area contributed by atoms with Crippen molar-refractivity contribution >= 4 is 23.7 Å². The summed E-state index contributed by atoms with van der Waals surface area (Å²) in [5.74, 6) is 1.74. The number of nitrogens with one attached hydrogen (secondary N) is 1. The Kier molecular flexibility index (Phi) is 7.46. The van der Waals surface area contributed by atoms with Crippen molar-refractivity contribution in [2.75, 3.05) is 26.6 Å². The van der Waals surface area contributed by atoms with Crippen LogP contribution in [0.2, 0.25) is 0 Å². The van der Waals surface area contributed by atoms with E-state index in [0.29, 0.717) is 23.6 Å². The van der Waals surface area contributed by atoms with Crippen LogP contribution in [0.5, 0.6) is 17.2 Å². The van der Waals surface area contributed by atoms with E-state index in [4.69, 9.17) is 19.9 Å². The summed E-state index contributed by atoms with van der Waals surface area (Å²) in [6, 6.07) is 8.95. The summed E-state index contributed by atoms with van der Waals surface area (Å²) in [7, 11) is 4.80. The second kappa shape index (κ2) is 9.80. The van der Waals surface area contributed by atoms with Gasteiger partial charge in [0.25, 0.3) is 0 Å². The van der Waals surface area contributed by atoms with E-state index < -0.39 is 6.04 Å². The van der Waals surface area contributed by atoms with Gasteiger partial charge in [0.05, 0.1) is 33.1 Å². The maximum atomic E-state index is 12.1. The van der Waals surface area contributed by atoms with E-state index in [0.717, 1.165) is 22.4 Å². The first kappa shape index (κ1) is 21.3. The van der Waals surface area contributed by atoms with E-state index >= 15 is 0 Å². The molecule has 0 aromatic heterocycles. The molecule has 0 spiro atoms. The van der Waals surface area contributed by atoms with E-state index in [2.05, 4.69) is 5.32 Å². The molecule has 0 heterocycles. The third-order valence-corrected chi connectivity index (χ3v) is 4.41. The lowest BCUT2D eigenvalue weighted by Crippen LogP contribution is -2.34. The van der Waals surface area contributed by atoms with Crippen molar-refractivity contribution in [2.24, 2.45) is 5.73 Å². The van der Waals surface area contributed by atoms with Crippen LogP contribution in [0.25, 0.3) is 12.2 Å². The van der Waals surface area contributed by atoms with Crippen molar-refractivity contribution in [3.8, 4) is 17.2 Å². The van der Waals surface area contributed by atoms with Crippen LogP contribution in [0, 0.1) is 6.92 Å². The molecule has 0 fully saturated rings. The molecule has 0 radical (unpaired) electrons. The molecule has 2 rings (SSSR count). The summed E-state index contributed by atoms with van der Waals surface area (Å²) < 4.78 is 16.1. The molecule has 0 saturated heterocycles. The first-order valence-corrected chi connectivity index (χ1v) is 9.08. The largest absolute Gasteiger partial charge is 0.495 e. The highest BCUT2D eigenvalue weighted by molar-refractivity contribution is 5.96. The minimum absolute atomic E-state index is 0.238. The minimum atomic E-state index is -0.557. The highest BCUT2D eigenvalue weighted by Gasteiger charge is 2.14. The van der Waals surface area contributed by atoms with Gasteiger partial charge in [-0.3, -0.25) is 4.79 Å². The normalized spacial score (nSPS) is 11.9. The van der Waals surface area contributed by atoms with Crippen LogP contribution >= 0.6 is 0 Å². The van der Waals surface area contributed by atoms with Gasteiger partial charge in [-0.15, -0.1) is 0 Å². The van der Waals surface area contributed by atoms with Gasteiger partial charge in [-0.25, -0.2) is 0 Å². The Hall–Kier alpha value is -2.99. The molecule has 0 saturated carbocycles. The van der Waals surface area contributed by atoms with Crippen molar-refractivity contribution < 1.29 is 19.0 Å². The zero-order valence-corrected chi connectivity index (χ0v) is 17.0. The van der Waals surface area contributed by atoms with Crippen LogP contribution in [0.1, 0.15) is 30.0 Å². The van der Waals surface area contributed by atoms with Crippen molar-refractivity contribution in [3.05, 3.63) is 47.0 Å². The zero-order chi connectivity index (χ0) is 20.7. The van der Waals surface area contributed by atoms with Gasteiger partial charge in [0, 0.05) is 0 Å². The van der Waals surface area contributed by atoms with E-state index in [-0.39, 0.29) is 5.91 Å². The quantitative estimate of drug-likeness (QED) is 0.675. The van der Waals surface area contributed by atoms with E-state index in [1.54, 1.807) is 21.3 Å². The van der Waals surface area contributed by atoms with Crippen molar-refractivity contribution in [2.45, 2.75) is 26.3 Å². The first-order valence-electron chi connectivity index (χ1n) is 9.08. The minimum Gasteiger partial charge on any atom is -0.495 e. The lowest BCUT2D eigenvalue weighted by molar-refractivity contribution is -0.117. The van der Waals surface area contributed by atoms with Crippen molar-refractivity contribution in [1.82, 2.24) is 0 Å². The maximum absolute atomic E-state index is 12.1. The molecule has 0 aliphatic rings. The van der Waals surface area contributed by atoms with Gasteiger partial charge in [0.1, 0.15) is 5.75 Å². The van der Waals surface area contributed by atoms with Gasteiger partial charge >= 0.3 is 0 Å². The van der Waals surface area contributed by atoms with E-state index in [1.807, 2.05) is 56.3 Å². The maximum Gasteiger partial charge on any atom is 0.241 e. The molecule has 28 heavy (non-hydrogen) atoms. The van der Waals surface area contributed by atoms with Crippen molar-refractivity contribution in [3.63, 3.8) is 0 Å². The number of ether oxygens (including phenoxy) is 3. The Morgan fingerprint density at radius 2 is 1.71 bits per heavy atom. The molecule has 0 aliphatic carbocycles. The summed E-state index contributed by atoms with van der Waals surface area (Å²) in [5.41, 5.74) is 9.26. The number of carbonyl (C=O) groups excluding carboxylic acids is 1. The van der Waals surface area contributed by atoms with Gasteiger partial charge in [0.15, 0.2) is 11.5 Å². The summed E-state index contributed by atoms with van der Waals surface area (Å²) in [5, 5.41) is 2.83. The van der Waals surface area contributed by atoms with E-state index in [1.165, 1.54) is 0 Å². The number of methoxy groups -OCH3 is 3. The summed E-state index contributed by atoms with van der Waals surface area (Å²) >= 11 is 0. The number of carbonyl (C=O) groups is 1. The molecule has 3 N–H and O–H groups in total. The van der Waals surface area contributed by atoms with Gasteiger partial charge in [-0.2, -0.15) is 0 Å². The van der Waals surface area contributed by atoms with Crippen molar-refractivity contribution in [1.29, 1.82) is 0 Å². The molecule has 1 atom stereocenters. The molecule has 1 amide bonds. The molecule has 6 heteroatoms. The smallest absolute Gasteiger partial charge is 0.241 e. The van der Waals surface area contributed by atoms with Crippen LogP contribution in [-0.4, -0.2) is 33.3 Å². The summed E-state index contributed by atoms with van der Waals surface area (Å²) in [6.07, 6.45) is 4.49. The topological polar surface area (TPSA) is 82.8 Å². The second-order valence-electron chi connectivity index (χ2n) is 6.37. The number of hydrogen-bond acceptors (Lipinski definition) is 5. The molecule has 150 valence electrons. The van der Waals surface area contributed by atoms with Gasteiger partial charge in [-0.1, -0.05) is 25.1 Å². The van der Waals surface area contributed by atoms with Gasteiger partial charge in [0.2, 0.25) is 5.91 Å².